The molecule has 0 amide bonds. The van der Waals surface area contributed by atoms with Crippen molar-refractivity contribution in [3.63, 3.8) is 0 Å². The van der Waals surface area contributed by atoms with Crippen molar-refractivity contribution in [2.75, 3.05) is 0 Å². The Labute approximate surface area is 396 Å². The van der Waals surface area contributed by atoms with Crippen molar-refractivity contribution in [3.8, 4) is 39.5 Å². The van der Waals surface area contributed by atoms with Gasteiger partial charge in [0.25, 0.3) is 0 Å². The van der Waals surface area contributed by atoms with Crippen LogP contribution in [0.3, 0.4) is 0 Å². The SMILES string of the molecule is CC(C)c1cc(-c2ccccc2)cc(C(C)C)c1-n1c(-c2[c-]ccc3c2oc2ccccc23)nc2cccnc21.[2H]C([2H])(c1ccccc1)c1cc(-c2[c-]cccc2)nc[c]1[Ge]([CH3])([CH3])[CH3].[Ir]. The summed E-state index contributed by atoms with van der Waals surface area (Å²) in [5.74, 6) is 8.16. The molecule has 7 heteroatoms. The van der Waals surface area contributed by atoms with Crippen molar-refractivity contribution in [1.82, 2.24) is 19.5 Å². The summed E-state index contributed by atoms with van der Waals surface area (Å²) in [6.45, 7) is 9.04. The Morgan fingerprint density at radius 3 is 2.06 bits per heavy atom. The number of hydrogen-bond acceptors (Lipinski definition) is 4. The molecule has 64 heavy (non-hydrogen) atoms. The Morgan fingerprint density at radius 1 is 0.688 bits per heavy atom. The molecule has 0 atom stereocenters. The monoisotopic (exact) mass is 1080 g/mol. The Kier molecular flexibility index (Phi) is 12.5. The van der Waals surface area contributed by atoms with Crippen LogP contribution in [0.2, 0.25) is 17.3 Å². The van der Waals surface area contributed by atoms with E-state index in [4.69, 9.17) is 17.1 Å². The van der Waals surface area contributed by atoms with Crippen LogP contribution in [0.5, 0.6) is 0 Å². The molecule has 0 aliphatic carbocycles. The molecule has 0 aliphatic rings. The number of imidazole rings is 1. The Morgan fingerprint density at radius 2 is 1.38 bits per heavy atom. The largest absolute Gasteiger partial charge is 0 e. The predicted molar refractivity (Wildman–Crippen MR) is 265 cm³/mol. The summed E-state index contributed by atoms with van der Waals surface area (Å²) in [6.07, 6.45) is 2.19. The Balaban J connectivity index is 0.000000197. The van der Waals surface area contributed by atoms with Crippen molar-refractivity contribution in [2.45, 2.75) is 63.2 Å². The van der Waals surface area contributed by atoms with E-state index in [9.17, 15) is 0 Å². The molecule has 0 spiro atoms. The summed E-state index contributed by atoms with van der Waals surface area (Å²) in [4.78, 5) is 14.7. The predicted octanol–water partition coefficient (Wildman–Crippen LogP) is 14.4. The molecule has 0 saturated carbocycles. The number of nitrogens with zero attached hydrogens (tertiary/aromatic N) is 4. The van der Waals surface area contributed by atoms with Crippen LogP contribution in [0.1, 0.15) is 64.5 Å². The normalized spacial score (nSPS) is 12.3. The van der Waals surface area contributed by atoms with E-state index in [2.05, 4.69) is 121 Å². The average molecular weight is 1080 g/mol. The van der Waals surface area contributed by atoms with Gasteiger partial charge in [-0.3, -0.25) is 4.98 Å². The van der Waals surface area contributed by atoms with Gasteiger partial charge in [-0.1, -0.05) is 87.2 Å². The second-order valence-electron chi connectivity index (χ2n) is 17.6. The molecule has 0 bridgehead atoms. The number of rotatable bonds is 9. The van der Waals surface area contributed by atoms with E-state index in [0.717, 1.165) is 71.4 Å². The van der Waals surface area contributed by atoms with Crippen molar-refractivity contribution in [2.24, 2.45) is 0 Å². The third-order valence-electron chi connectivity index (χ3n) is 11.5. The van der Waals surface area contributed by atoms with Crippen LogP contribution >= 0.6 is 0 Å². The van der Waals surface area contributed by atoms with E-state index in [1.807, 2.05) is 109 Å². The van der Waals surface area contributed by atoms with Gasteiger partial charge in [0.2, 0.25) is 0 Å². The van der Waals surface area contributed by atoms with Gasteiger partial charge < -0.3 is 8.98 Å². The van der Waals surface area contributed by atoms with Gasteiger partial charge in [-0.05, 0) is 64.4 Å². The van der Waals surface area contributed by atoms with Gasteiger partial charge in [0, 0.05) is 37.4 Å². The van der Waals surface area contributed by atoms with Crippen molar-refractivity contribution in [1.29, 1.82) is 0 Å². The van der Waals surface area contributed by atoms with Gasteiger partial charge >= 0.3 is 144 Å². The van der Waals surface area contributed by atoms with Crippen LogP contribution in [0, 0.1) is 12.1 Å². The van der Waals surface area contributed by atoms with E-state index in [1.54, 1.807) is 0 Å². The van der Waals surface area contributed by atoms with Crippen LogP contribution in [0.4, 0.5) is 0 Å². The quantitative estimate of drug-likeness (QED) is 0.107. The molecule has 0 N–H and O–H groups in total. The van der Waals surface area contributed by atoms with Gasteiger partial charge in [-0.2, -0.15) is 0 Å². The zero-order valence-corrected chi connectivity index (χ0v) is 41.8. The number of hydrogen-bond donors (Lipinski definition) is 0. The molecule has 10 aromatic rings. The first-order valence-corrected chi connectivity index (χ1v) is 29.1. The first-order valence-electron chi connectivity index (χ1n) is 22.7. The second-order valence-corrected chi connectivity index (χ2v) is 28.2. The number of pyridine rings is 2. The smallest absolute Gasteiger partial charge is 0 e. The summed E-state index contributed by atoms with van der Waals surface area (Å²) in [5.41, 5.74) is 13.3. The summed E-state index contributed by atoms with van der Waals surface area (Å²) in [5, 5.41) is 2.15. The zero-order chi connectivity index (χ0) is 45.5. The summed E-state index contributed by atoms with van der Waals surface area (Å²) in [7, 11) is 0. The topological polar surface area (TPSA) is 56.7 Å². The standard InChI is InChI=1S/C36H30N3O.C21H22GeN.Ir/c1-22(2)29-20-25(24-12-6-5-7-13-24)21-30(23(3)4)33(29)39-35(38-31-17-11-19-37-36(31)39)28-16-10-15-27-26-14-8-9-18-32(26)40-34(27)28;1-22(2,3)20-16-23-21(18-12-8-5-9-13-18)15-19(20)14-17-10-6-4-7-11-17;/h5-15,17-23H,1-4H3;4-12,15-16H,14H2,1-3H3;/q2*-1;/i;14D2;. The van der Waals surface area contributed by atoms with E-state index in [1.165, 1.54) is 22.3 Å². The molecule has 6 aromatic carbocycles. The first kappa shape index (κ1) is 42.1. The van der Waals surface area contributed by atoms with E-state index in [0.29, 0.717) is 5.56 Å². The molecular weight excluding hydrogens is 1020 g/mol. The molecule has 10 rings (SSSR count). The van der Waals surface area contributed by atoms with Crippen molar-refractivity contribution < 1.29 is 27.3 Å². The summed E-state index contributed by atoms with van der Waals surface area (Å²) >= 11 is -2.30. The van der Waals surface area contributed by atoms with Crippen molar-refractivity contribution in [3.05, 3.63) is 198 Å². The number of benzene rings is 6. The average Bonchev–Trinajstić information content (AvgIpc) is 3.90. The van der Waals surface area contributed by atoms with Crippen molar-refractivity contribution >= 4 is 50.8 Å². The van der Waals surface area contributed by atoms with Crippen LogP contribution in [-0.4, -0.2) is 32.8 Å². The van der Waals surface area contributed by atoms with Gasteiger partial charge in [0.1, 0.15) is 5.58 Å². The van der Waals surface area contributed by atoms with Gasteiger partial charge in [0.05, 0.1) is 16.9 Å². The number of fused-ring (bicyclic) bond motifs is 4. The van der Waals surface area contributed by atoms with Crippen LogP contribution in [0.25, 0.3) is 72.6 Å². The number of aromatic nitrogens is 4. The maximum Gasteiger partial charge on any atom is 0 e. The third kappa shape index (κ3) is 9.05. The van der Waals surface area contributed by atoms with Gasteiger partial charge in [-0.15, -0.1) is 18.2 Å². The molecule has 4 aromatic heterocycles. The molecule has 0 aliphatic heterocycles. The zero-order valence-electron chi connectivity index (χ0n) is 39.3. The Hall–Kier alpha value is -5.92. The van der Waals surface area contributed by atoms with Gasteiger partial charge in [-0.25, -0.2) is 4.98 Å². The molecular formula is C57H52GeIrN4O-2. The minimum atomic E-state index is -2.30. The number of para-hydroxylation sites is 1. The fraction of sp³-hybridized carbons (Fsp3) is 0.175. The Bertz CT molecular complexity index is 3260. The number of furan rings is 1. The molecule has 5 nitrogen and oxygen atoms in total. The summed E-state index contributed by atoms with van der Waals surface area (Å²) in [6, 6.07) is 57.2. The van der Waals surface area contributed by atoms with Crippen LogP contribution < -0.4 is 4.40 Å². The van der Waals surface area contributed by atoms with E-state index in [-0.39, 0.29) is 31.9 Å². The second kappa shape index (κ2) is 19.0. The minimum Gasteiger partial charge on any atom is 0 e. The third-order valence-corrected chi connectivity index (χ3v) is 15.7. The van der Waals surface area contributed by atoms with Gasteiger partial charge in [0.15, 0.2) is 5.65 Å². The fourth-order valence-electron chi connectivity index (χ4n) is 8.30. The van der Waals surface area contributed by atoms with Crippen LogP contribution in [0.15, 0.2) is 168 Å². The maximum atomic E-state index is 8.85. The molecule has 321 valence electrons. The molecule has 0 unspecified atom stereocenters. The van der Waals surface area contributed by atoms with Crippen LogP contribution in [-0.2, 0) is 26.5 Å². The van der Waals surface area contributed by atoms with E-state index >= 15 is 0 Å². The molecule has 1 radical (unpaired) electrons. The molecule has 4 heterocycles. The molecule has 0 fully saturated rings. The first-order chi connectivity index (χ1) is 31.3. The minimum absolute atomic E-state index is 0. The molecule has 0 saturated heterocycles. The maximum absolute atomic E-state index is 8.85. The van der Waals surface area contributed by atoms with E-state index < -0.39 is 19.6 Å². The fourth-order valence-corrected chi connectivity index (χ4v) is 11.2. The summed E-state index contributed by atoms with van der Waals surface area (Å²) < 4.78 is 27.5.